The highest BCUT2D eigenvalue weighted by Gasteiger charge is 2.20. The number of pyridine rings is 2. The lowest BCUT2D eigenvalue weighted by Gasteiger charge is -2.27. The Labute approximate surface area is 192 Å². The maximum atomic E-state index is 12.4. The molecule has 0 atom stereocenters. The number of anilines is 2. The molecule has 4 heterocycles. The first-order valence-electron chi connectivity index (χ1n) is 10.6. The van der Waals surface area contributed by atoms with Gasteiger partial charge >= 0.3 is 0 Å². The molecule has 32 heavy (non-hydrogen) atoms. The molecule has 2 aliphatic rings. The molecule has 2 aliphatic heterocycles. The normalized spacial score (nSPS) is 15.6. The van der Waals surface area contributed by atoms with Crippen LogP contribution in [0, 0.1) is 0 Å². The van der Waals surface area contributed by atoms with E-state index in [4.69, 9.17) is 16.3 Å². The summed E-state index contributed by atoms with van der Waals surface area (Å²) in [5.41, 5.74) is 5.56. The fourth-order valence-corrected chi connectivity index (χ4v) is 4.24. The average molecular weight is 447 g/mol. The molecule has 6 nitrogen and oxygen atoms in total. The third-order valence-corrected chi connectivity index (χ3v) is 6.07. The second-order valence-electron chi connectivity index (χ2n) is 7.91. The van der Waals surface area contributed by atoms with Gasteiger partial charge < -0.3 is 14.5 Å². The van der Waals surface area contributed by atoms with Crippen molar-refractivity contribution in [3.8, 4) is 11.3 Å². The molecule has 0 spiro atoms. The Morgan fingerprint density at radius 2 is 1.81 bits per heavy atom. The molecule has 2 aromatic heterocycles. The Kier molecular flexibility index (Phi) is 5.64. The van der Waals surface area contributed by atoms with Crippen molar-refractivity contribution in [1.29, 1.82) is 0 Å². The quantitative estimate of drug-likeness (QED) is 0.572. The molecule has 1 saturated heterocycles. The van der Waals surface area contributed by atoms with Gasteiger partial charge in [0, 0.05) is 43.0 Å². The molecule has 162 valence electrons. The zero-order valence-corrected chi connectivity index (χ0v) is 18.5. The molecule has 3 aromatic rings. The Balaban J connectivity index is 1.48. The second-order valence-corrected chi connectivity index (χ2v) is 8.35. The Morgan fingerprint density at radius 1 is 1.00 bits per heavy atom. The number of aromatic nitrogens is 2. The Hall–Kier alpha value is -3.22. The van der Waals surface area contributed by atoms with Crippen molar-refractivity contribution in [1.82, 2.24) is 9.97 Å². The Bertz CT molecular complexity index is 1190. The number of halogens is 1. The topological polar surface area (TPSA) is 58.6 Å². The number of fused-ring (bicyclic) bond motifs is 2. The summed E-state index contributed by atoms with van der Waals surface area (Å²) in [6.07, 6.45) is 7.80. The van der Waals surface area contributed by atoms with E-state index in [0.29, 0.717) is 11.6 Å². The molecule has 0 radical (unpaired) electrons. The van der Waals surface area contributed by atoms with Crippen molar-refractivity contribution in [3.63, 3.8) is 0 Å². The number of morpholine rings is 1. The van der Waals surface area contributed by atoms with Crippen molar-refractivity contribution in [2.24, 2.45) is 0 Å². The lowest BCUT2D eigenvalue weighted by atomic mass is 10.0. The third kappa shape index (κ3) is 4.11. The van der Waals surface area contributed by atoms with Gasteiger partial charge in [-0.2, -0.15) is 0 Å². The number of carbonyl (C=O) groups is 1. The molecule has 0 N–H and O–H groups in total. The fraction of sp³-hybridized carbons (Fsp3) is 0.240. The van der Waals surface area contributed by atoms with Gasteiger partial charge in [0.05, 0.1) is 31.1 Å². The van der Waals surface area contributed by atoms with Crippen LogP contribution < -0.4 is 9.80 Å². The lowest BCUT2D eigenvalue weighted by molar-refractivity contribution is -0.116. The molecule has 1 amide bonds. The monoisotopic (exact) mass is 446 g/mol. The zero-order valence-electron chi connectivity index (χ0n) is 17.8. The SMILES string of the molecule is CC(=O)N1Cc2cnc(-c3ccc(N4CCOCC4)nc3)cc2C=Cc2ccc(Cl)cc21. The van der Waals surface area contributed by atoms with Crippen LogP contribution >= 0.6 is 11.6 Å². The van der Waals surface area contributed by atoms with E-state index in [9.17, 15) is 4.79 Å². The van der Waals surface area contributed by atoms with Gasteiger partial charge in [0.15, 0.2) is 0 Å². The molecular formula is C25H23ClN4O2. The van der Waals surface area contributed by atoms with Gasteiger partial charge in [-0.1, -0.05) is 29.8 Å². The summed E-state index contributed by atoms with van der Waals surface area (Å²) >= 11 is 6.20. The van der Waals surface area contributed by atoms with Gasteiger partial charge in [-0.25, -0.2) is 4.98 Å². The molecule has 0 aliphatic carbocycles. The molecular weight excluding hydrogens is 424 g/mol. The highest BCUT2D eigenvalue weighted by molar-refractivity contribution is 6.31. The minimum Gasteiger partial charge on any atom is -0.378 e. The standard InChI is InChI=1S/C25H23ClN4O2/c1-17(31)30-16-21-15-27-23(12-19(21)3-2-18-4-6-22(26)13-24(18)30)20-5-7-25(28-14-20)29-8-10-32-11-9-29/h2-7,12-15H,8-11,16H2,1H3. The van der Waals surface area contributed by atoms with Crippen LogP contribution in [0.25, 0.3) is 23.4 Å². The number of benzene rings is 1. The number of rotatable bonds is 2. The largest absolute Gasteiger partial charge is 0.378 e. The first-order valence-corrected chi connectivity index (χ1v) is 11.0. The number of ether oxygens (including phenoxy) is 1. The number of amides is 1. The number of nitrogens with zero attached hydrogens (tertiary/aromatic N) is 4. The Morgan fingerprint density at radius 3 is 2.56 bits per heavy atom. The highest BCUT2D eigenvalue weighted by Crippen LogP contribution is 2.32. The van der Waals surface area contributed by atoms with E-state index < -0.39 is 0 Å². The summed E-state index contributed by atoms with van der Waals surface area (Å²) in [6, 6.07) is 11.7. The molecule has 0 saturated carbocycles. The van der Waals surface area contributed by atoms with E-state index in [1.165, 1.54) is 0 Å². The van der Waals surface area contributed by atoms with Gasteiger partial charge in [0.1, 0.15) is 5.82 Å². The average Bonchev–Trinajstić information content (AvgIpc) is 2.81. The molecule has 0 bridgehead atoms. The van der Waals surface area contributed by atoms with Crippen LogP contribution in [0.5, 0.6) is 0 Å². The van der Waals surface area contributed by atoms with Crippen LogP contribution in [0.1, 0.15) is 23.6 Å². The maximum Gasteiger partial charge on any atom is 0.224 e. The summed E-state index contributed by atoms with van der Waals surface area (Å²) in [6.45, 7) is 5.17. The van der Waals surface area contributed by atoms with E-state index in [1.54, 1.807) is 11.8 Å². The van der Waals surface area contributed by atoms with Crippen molar-refractivity contribution < 1.29 is 9.53 Å². The first-order chi connectivity index (χ1) is 15.6. The molecule has 5 rings (SSSR count). The summed E-state index contributed by atoms with van der Waals surface area (Å²) < 4.78 is 5.42. The number of carbonyl (C=O) groups excluding carboxylic acids is 1. The van der Waals surface area contributed by atoms with Gasteiger partial charge in [-0.05, 0) is 47.0 Å². The van der Waals surface area contributed by atoms with Crippen molar-refractivity contribution >= 4 is 41.2 Å². The van der Waals surface area contributed by atoms with Crippen LogP contribution in [0.2, 0.25) is 5.02 Å². The van der Waals surface area contributed by atoms with Crippen molar-refractivity contribution in [3.05, 3.63) is 70.5 Å². The molecule has 1 aromatic carbocycles. The van der Waals surface area contributed by atoms with Crippen LogP contribution in [-0.4, -0.2) is 42.2 Å². The zero-order chi connectivity index (χ0) is 22.1. The second kappa shape index (κ2) is 8.73. The highest BCUT2D eigenvalue weighted by atomic mass is 35.5. The summed E-state index contributed by atoms with van der Waals surface area (Å²) in [7, 11) is 0. The van der Waals surface area contributed by atoms with Crippen LogP contribution in [0.15, 0.2) is 48.8 Å². The number of hydrogen-bond donors (Lipinski definition) is 0. The maximum absolute atomic E-state index is 12.4. The first kappa shape index (κ1) is 20.7. The predicted molar refractivity (Wildman–Crippen MR) is 128 cm³/mol. The molecule has 1 fully saturated rings. The van der Waals surface area contributed by atoms with Crippen LogP contribution in [0.4, 0.5) is 11.5 Å². The fourth-order valence-electron chi connectivity index (χ4n) is 4.07. The van der Waals surface area contributed by atoms with Gasteiger partial charge in [-0.3, -0.25) is 9.78 Å². The predicted octanol–water partition coefficient (Wildman–Crippen LogP) is 4.67. The number of hydrogen-bond acceptors (Lipinski definition) is 5. The smallest absolute Gasteiger partial charge is 0.224 e. The van der Waals surface area contributed by atoms with E-state index in [1.807, 2.05) is 42.7 Å². The lowest BCUT2D eigenvalue weighted by Crippen LogP contribution is -2.36. The summed E-state index contributed by atoms with van der Waals surface area (Å²) in [5.74, 6) is 0.914. The van der Waals surface area contributed by atoms with Gasteiger partial charge in [-0.15, -0.1) is 0 Å². The molecule has 0 unspecified atom stereocenters. The summed E-state index contributed by atoms with van der Waals surface area (Å²) in [4.78, 5) is 25.7. The molecule has 7 heteroatoms. The minimum absolute atomic E-state index is 0.0401. The van der Waals surface area contributed by atoms with E-state index in [-0.39, 0.29) is 5.91 Å². The van der Waals surface area contributed by atoms with Crippen LogP contribution in [-0.2, 0) is 16.1 Å². The van der Waals surface area contributed by atoms with E-state index >= 15 is 0 Å². The van der Waals surface area contributed by atoms with E-state index in [0.717, 1.165) is 65.8 Å². The minimum atomic E-state index is -0.0401. The van der Waals surface area contributed by atoms with E-state index in [2.05, 4.69) is 33.1 Å². The van der Waals surface area contributed by atoms with Crippen molar-refractivity contribution in [2.45, 2.75) is 13.5 Å². The van der Waals surface area contributed by atoms with Gasteiger partial charge in [0.2, 0.25) is 5.91 Å². The van der Waals surface area contributed by atoms with Crippen molar-refractivity contribution in [2.75, 3.05) is 36.1 Å². The summed E-state index contributed by atoms with van der Waals surface area (Å²) in [5, 5.41) is 0.602. The van der Waals surface area contributed by atoms with Gasteiger partial charge in [0.25, 0.3) is 0 Å². The van der Waals surface area contributed by atoms with Crippen LogP contribution in [0.3, 0.4) is 0 Å². The third-order valence-electron chi connectivity index (χ3n) is 5.84.